The van der Waals surface area contributed by atoms with E-state index in [9.17, 15) is 17.2 Å². The van der Waals surface area contributed by atoms with E-state index < -0.39 is 21.7 Å². The van der Waals surface area contributed by atoms with E-state index >= 15 is 0 Å². The van der Waals surface area contributed by atoms with Crippen LogP contribution >= 0.6 is 11.6 Å². The van der Waals surface area contributed by atoms with E-state index in [1.54, 1.807) is 6.07 Å². The third-order valence-electron chi connectivity index (χ3n) is 3.85. The Morgan fingerprint density at radius 1 is 1.00 bits per heavy atom. The lowest BCUT2D eigenvalue weighted by Crippen LogP contribution is -2.19. The van der Waals surface area contributed by atoms with Gasteiger partial charge in [0.2, 0.25) is 0 Å². The van der Waals surface area contributed by atoms with E-state index in [1.807, 2.05) is 4.90 Å². The molecule has 0 bridgehead atoms. The number of hydrogen-bond donors (Lipinski definition) is 1. The summed E-state index contributed by atoms with van der Waals surface area (Å²) in [5, 5.41) is -0.298. The molecule has 3 rings (SSSR count). The Morgan fingerprint density at radius 3 is 2.33 bits per heavy atom. The first-order valence-corrected chi connectivity index (χ1v) is 9.25. The molecule has 1 saturated heterocycles. The lowest BCUT2D eigenvalue weighted by molar-refractivity contribution is 0.599. The van der Waals surface area contributed by atoms with Crippen molar-refractivity contribution in [2.24, 2.45) is 0 Å². The highest BCUT2D eigenvalue weighted by molar-refractivity contribution is 7.92. The molecule has 1 fully saturated rings. The van der Waals surface area contributed by atoms with Gasteiger partial charge in [0.05, 0.1) is 21.3 Å². The highest BCUT2D eigenvalue weighted by atomic mass is 35.5. The molecule has 0 atom stereocenters. The standard InChI is InChI=1S/C16H15ClF2N2O2S/c17-13-10-12(4-5-14(13)18)24(22,23)20-11-3-6-16(15(19)9-11)21-7-1-2-8-21/h3-6,9-10,20H,1-2,7-8H2. The molecule has 1 aliphatic heterocycles. The predicted molar refractivity (Wildman–Crippen MR) is 90.1 cm³/mol. The molecule has 0 unspecified atom stereocenters. The maximum Gasteiger partial charge on any atom is 0.261 e. The maximum absolute atomic E-state index is 14.2. The molecule has 0 amide bonds. The van der Waals surface area contributed by atoms with Crippen LogP contribution in [0.2, 0.25) is 5.02 Å². The van der Waals surface area contributed by atoms with E-state index in [0.29, 0.717) is 5.69 Å². The SMILES string of the molecule is O=S(=O)(Nc1ccc(N2CCCC2)c(F)c1)c1ccc(F)c(Cl)c1. The van der Waals surface area contributed by atoms with Crippen LogP contribution in [-0.2, 0) is 10.0 Å². The molecule has 1 heterocycles. The third-order valence-corrected chi connectivity index (χ3v) is 5.52. The topological polar surface area (TPSA) is 49.4 Å². The molecule has 2 aromatic carbocycles. The van der Waals surface area contributed by atoms with Crippen molar-refractivity contribution in [2.45, 2.75) is 17.7 Å². The van der Waals surface area contributed by atoms with Gasteiger partial charge in [-0.3, -0.25) is 4.72 Å². The van der Waals surface area contributed by atoms with Gasteiger partial charge in [0.1, 0.15) is 11.6 Å². The van der Waals surface area contributed by atoms with Gasteiger partial charge in [-0.15, -0.1) is 0 Å². The third kappa shape index (κ3) is 3.47. The predicted octanol–water partition coefficient (Wildman–Crippen LogP) is 4.02. The number of rotatable bonds is 4. The molecular weight excluding hydrogens is 358 g/mol. The minimum atomic E-state index is -3.98. The van der Waals surface area contributed by atoms with Crippen LogP contribution in [0.3, 0.4) is 0 Å². The summed E-state index contributed by atoms with van der Waals surface area (Å²) < 4.78 is 54.3. The summed E-state index contributed by atoms with van der Waals surface area (Å²) in [7, 11) is -3.98. The van der Waals surface area contributed by atoms with E-state index in [-0.39, 0.29) is 15.6 Å². The highest BCUT2D eigenvalue weighted by Gasteiger charge is 2.19. The van der Waals surface area contributed by atoms with Crippen molar-refractivity contribution < 1.29 is 17.2 Å². The van der Waals surface area contributed by atoms with E-state index in [1.165, 1.54) is 6.07 Å². The van der Waals surface area contributed by atoms with Crippen LogP contribution in [0.4, 0.5) is 20.2 Å². The fourth-order valence-corrected chi connectivity index (χ4v) is 3.96. The van der Waals surface area contributed by atoms with Gasteiger partial charge >= 0.3 is 0 Å². The van der Waals surface area contributed by atoms with Gasteiger partial charge in [-0.1, -0.05) is 11.6 Å². The smallest absolute Gasteiger partial charge is 0.261 e. The molecule has 8 heteroatoms. The van der Waals surface area contributed by atoms with Gasteiger partial charge in [-0.25, -0.2) is 17.2 Å². The van der Waals surface area contributed by atoms with Crippen molar-refractivity contribution in [2.75, 3.05) is 22.7 Å². The van der Waals surface area contributed by atoms with Crippen molar-refractivity contribution in [3.8, 4) is 0 Å². The fraction of sp³-hybridized carbons (Fsp3) is 0.250. The number of halogens is 3. The Balaban J connectivity index is 1.84. The van der Waals surface area contributed by atoms with Gasteiger partial charge in [-0.05, 0) is 43.2 Å². The summed E-state index contributed by atoms with van der Waals surface area (Å²) in [6, 6.07) is 7.26. The van der Waals surface area contributed by atoms with Crippen molar-refractivity contribution >= 4 is 33.0 Å². The van der Waals surface area contributed by atoms with Crippen LogP contribution in [0, 0.1) is 11.6 Å². The van der Waals surface area contributed by atoms with Crippen LogP contribution in [0.5, 0.6) is 0 Å². The number of anilines is 2. The van der Waals surface area contributed by atoms with Crippen LogP contribution in [-0.4, -0.2) is 21.5 Å². The van der Waals surface area contributed by atoms with E-state index in [4.69, 9.17) is 11.6 Å². The number of sulfonamides is 1. The molecule has 128 valence electrons. The highest BCUT2D eigenvalue weighted by Crippen LogP contribution is 2.27. The average Bonchev–Trinajstić information content (AvgIpc) is 3.03. The minimum Gasteiger partial charge on any atom is -0.369 e. The first-order chi connectivity index (χ1) is 11.4. The second-order valence-electron chi connectivity index (χ2n) is 5.54. The molecule has 0 aromatic heterocycles. The lowest BCUT2D eigenvalue weighted by Gasteiger charge is -2.19. The van der Waals surface area contributed by atoms with Gasteiger partial charge in [-0.2, -0.15) is 0 Å². The van der Waals surface area contributed by atoms with Gasteiger partial charge in [0.15, 0.2) is 0 Å². The first kappa shape index (κ1) is 17.0. The Kier molecular flexibility index (Phi) is 4.64. The van der Waals surface area contributed by atoms with Crippen molar-refractivity contribution in [3.63, 3.8) is 0 Å². The van der Waals surface area contributed by atoms with Crippen molar-refractivity contribution in [1.29, 1.82) is 0 Å². The molecule has 0 radical (unpaired) electrons. The maximum atomic E-state index is 14.2. The number of nitrogens with zero attached hydrogens (tertiary/aromatic N) is 1. The Bertz CT molecular complexity index is 868. The minimum absolute atomic E-state index is 0.0934. The van der Waals surface area contributed by atoms with Gasteiger partial charge in [0, 0.05) is 19.2 Å². The van der Waals surface area contributed by atoms with Crippen LogP contribution in [0.15, 0.2) is 41.3 Å². The Morgan fingerprint density at radius 2 is 1.71 bits per heavy atom. The quantitative estimate of drug-likeness (QED) is 0.881. The summed E-state index contributed by atoms with van der Waals surface area (Å²) in [5.41, 5.74) is 0.552. The second kappa shape index (κ2) is 6.57. The molecule has 0 saturated carbocycles. The van der Waals surface area contributed by atoms with E-state index in [2.05, 4.69) is 4.72 Å². The molecule has 0 spiro atoms. The molecule has 1 N–H and O–H groups in total. The number of nitrogens with one attached hydrogen (secondary N) is 1. The molecule has 1 aliphatic rings. The molecule has 4 nitrogen and oxygen atoms in total. The Hall–Kier alpha value is -1.86. The fourth-order valence-electron chi connectivity index (χ4n) is 2.64. The molecule has 0 aliphatic carbocycles. The van der Waals surface area contributed by atoms with Crippen LogP contribution < -0.4 is 9.62 Å². The van der Waals surface area contributed by atoms with Crippen molar-refractivity contribution in [1.82, 2.24) is 0 Å². The summed E-state index contributed by atoms with van der Waals surface area (Å²) in [6.45, 7) is 1.58. The average molecular weight is 373 g/mol. The lowest BCUT2D eigenvalue weighted by atomic mass is 10.2. The molecule has 2 aromatic rings. The largest absolute Gasteiger partial charge is 0.369 e. The summed E-state index contributed by atoms with van der Waals surface area (Å²) >= 11 is 5.61. The van der Waals surface area contributed by atoms with Crippen molar-refractivity contribution in [3.05, 3.63) is 53.1 Å². The normalized spacial score (nSPS) is 14.9. The number of benzene rings is 2. The van der Waals surface area contributed by atoms with Gasteiger partial charge in [0.25, 0.3) is 10.0 Å². The monoisotopic (exact) mass is 372 g/mol. The Labute approximate surface area is 144 Å². The second-order valence-corrected chi connectivity index (χ2v) is 7.63. The van der Waals surface area contributed by atoms with E-state index in [0.717, 1.165) is 50.2 Å². The zero-order chi connectivity index (χ0) is 17.3. The molecular formula is C16H15ClF2N2O2S. The summed E-state index contributed by atoms with van der Waals surface area (Å²) in [5.74, 6) is -1.20. The molecule has 24 heavy (non-hydrogen) atoms. The zero-order valence-corrected chi connectivity index (χ0v) is 14.2. The van der Waals surface area contributed by atoms with Gasteiger partial charge < -0.3 is 4.90 Å². The summed E-state index contributed by atoms with van der Waals surface area (Å²) in [4.78, 5) is 1.73. The van der Waals surface area contributed by atoms with Crippen LogP contribution in [0.1, 0.15) is 12.8 Å². The van der Waals surface area contributed by atoms with Crippen LogP contribution in [0.25, 0.3) is 0 Å². The zero-order valence-electron chi connectivity index (χ0n) is 12.6. The first-order valence-electron chi connectivity index (χ1n) is 7.39. The number of hydrogen-bond acceptors (Lipinski definition) is 3. The summed E-state index contributed by atoms with van der Waals surface area (Å²) in [6.07, 6.45) is 2.03.